The fraction of sp³-hybridized carbons (Fsp3) is 0.941. The summed E-state index contributed by atoms with van der Waals surface area (Å²) in [7, 11) is -1.44. The van der Waals surface area contributed by atoms with Crippen molar-refractivity contribution in [2.45, 2.75) is 83.2 Å². The molecule has 1 saturated carbocycles. The molecule has 0 aromatic heterocycles. The van der Waals surface area contributed by atoms with Gasteiger partial charge in [0.25, 0.3) is 0 Å². The molecule has 1 atom stereocenters. The van der Waals surface area contributed by atoms with Gasteiger partial charge < -0.3 is 4.90 Å². The molecule has 1 unspecified atom stereocenters. The molecule has 0 aromatic carbocycles. The highest BCUT2D eigenvalue weighted by Crippen LogP contribution is 2.26. The Hall–Kier alpha value is -0.620. The third-order valence-corrected chi connectivity index (χ3v) is 7.35. The normalized spacial score (nSPS) is 25.0. The third kappa shape index (κ3) is 4.69. The highest BCUT2D eigenvalue weighted by Gasteiger charge is 2.38. The van der Waals surface area contributed by atoms with Crippen LogP contribution in [0.2, 0.25) is 0 Å². The second-order valence-electron chi connectivity index (χ2n) is 7.03. The lowest BCUT2D eigenvalue weighted by Crippen LogP contribution is -2.54. The van der Waals surface area contributed by atoms with Crippen LogP contribution in [0.15, 0.2) is 0 Å². The molecule has 0 aromatic rings. The van der Waals surface area contributed by atoms with Gasteiger partial charge in [-0.2, -0.15) is 4.31 Å². The van der Waals surface area contributed by atoms with Crippen molar-refractivity contribution in [2.75, 3.05) is 19.3 Å². The van der Waals surface area contributed by atoms with E-state index in [9.17, 15) is 13.2 Å². The summed E-state index contributed by atoms with van der Waals surface area (Å²) in [6.45, 7) is 2.37. The summed E-state index contributed by atoms with van der Waals surface area (Å²) < 4.78 is 26.5. The molecule has 0 radical (unpaired) electrons. The number of amides is 1. The van der Waals surface area contributed by atoms with E-state index in [2.05, 4.69) is 0 Å². The summed E-state index contributed by atoms with van der Waals surface area (Å²) in [6, 6.07) is -0.198. The number of hydrogen-bond acceptors (Lipinski definition) is 3. The van der Waals surface area contributed by atoms with Gasteiger partial charge in [-0.3, -0.25) is 4.79 Å². The van der Waals surface area contributed by atoms with Gasteiger partial charge in [-0.05, 0) is 32.1 Å². The molecular formula is C17H32N2O3S. The lowest BCUT2D eigenvalue weighted by molar-refractivity contribution is -0.137. The summed E-state index contributed by atoms with van der Waals surface area (Å²) in [6.07, 6.45) is 10.0. The maximum absolute atomic E-state index is 13.0. The van der Waals surface area contributed by atoms with Crippen molar-refractivity contribution in [3.8, 4) is 0 Å². The summed E-state index contributed by atoms with van der Waals surface area (Å²) in [4.78, 5) is 14.8. The third-order valence-electron chi connectivity index (χ3n) is 5.28. The van der Waals surface area contributed by atoms with E-state index in [1.807, 2.05) is 18.9 Å². The first kappa shape index (κ1) is 18.7. The summed E-state index contributed by atoms with van der Waals surface area (Å²) >= 11 is 0. The van der Waals surface area contributed by atoms with E-state index < -0.39 is 16.1 Å². The van der Waals surface area contributed by atoms with Crippen molar-refractivity contribution in [1.29, 1.82) is 0 Å². The smallest absolute Gasteiger partial charge is 0.241 e. The molecule has 2 aliphatic rings. The van der Waals surface area contributed by atoms with Crippen LogP contribution in [0.1, 0.15) is 71.1 Å². The number of likely N-dealkylation sites (N-methyl/N-ethyl adjacent to an activating group) is 1. The molecule has 0 spiro atoms. The van der Waals surface area contributed by atoms with Crippen LogP contribution >= 0.6 is 0 Å². The van der Waals surface area contributed by atoms with Crippen LogP contribution in [0.3, 0.4) is 0 Å². The van der Waals surface area contributed by atoms with Gasteiger partial charge in [-0.25, -0.2) is 8.42 Å². The molecule has 1 aliphatic heterocycles. The molecule has 6 heteroatoms. The zero-order chi connectivity index (χ0) is 16.9. The van der Waals surface area contributed by atoms with Crippen LogP contribution in [-0.4, -0.2) is 55.0 Å². The summed E-state index contributed by atoms with van der Waals surface area (Å²) in [5.74, 6) is 0.153. The average molecular weight is 345 g/mol. The van der Waals surface area contributed by atoms with Crippen molar-refractivity contribution in [1.82, 2.24) is 9.21 Å². The zero-order valence-electron chi connectivity index (χ0n) is 14.7. The Kier molecular flexibility index (Phi) is 6.89. The highest BCUT2D eigenvalue weighted by atomic mass is 32.2. The predicted octanol–water partition coefficient (Wildman–Crippen LogP) is 2.76. The van der Waals surface area contributed by atoms with Gasteiger partial charge in [-0.1, -0.05) is 39.0 Å². The largest absolute Gasteiger partial charge is 0.341 e. The number of carbonyl (C=O) groups excluding carboxylic acids is 1. The molecular weight excluding hydrogens is 312 g/mol. The summed E-state index contributed by atoms with van der Waals surface area (Å²) in [5.41, 5.74) is 0. The van der Waals surface area contributed by atoms with E-state index in [0.717, 1.165) is 25.7 Å². The number of nitrogens with zero attached hydrogens (tertiary/aromatic N) is 2. The summed E-state index contributed by atoms with van der Waals surface area (Å²) in [5, 5.41) is 0. The van der Waals surface area contributed by atoms with Gasteiger partial charge in [-0.15, -0.1) is 0 Å². The number of rotatable bonds is 5. The Morgan fingerprint density at radius 2 is 1.65 bits per heavy atom. The van der Waals surface area contributed by atoms with Crippen molar-refractivity contribution < 1.29 is 13.2 Å². The lowest BCUT2D eigenvalue weighted by Gasteiger charge is -2.38. The van der Waals surface area contributed by atoms with Crippen molar-refractivity contribution in [3.05, 3.63) is 0 Å². The van der Waals surface area contributed by atoms with E-state index in [-0.39, 0.29) is 17.7 Å². The van der Waals surface area contributed by atoms with E-state index in [1.54, 1.807) is 0 Å². The molecule has 1 aliphatic carbocycles. The Morgan fingerprint density at radius 3 is 2.26 bits per heavy atom. The van der Waals surface area contributed by atoms with Gasteiger partial charge in [0, 0.05) is 19.6 Å². The first-order chi connectivity index (χ1) is 11.0. The molecule has 23 heavy (non-hydrogen) atoms. The van der Waals surface area contributed by atoms with Gasteiger partial charge >= 0.3 is 0 Å². The van der Waals surface area contributed by atoms with Crippen LogP contribution in [0.4, 0.5) is 0 Å². The highest BCUT2D eigenvalue weighted by molar-refractivity contribution is 7.89. The molecule has 0 N–H and O–H groups in total. The van der Waals surface area contributed by atoms with E-state index in [1.165, 1.54) is 30.0 Å². The maximum atomic E-state index is 13.0. The van der Waals surface area contributed by atoms with Crippen LogP contribution < -0.4 is 0 Å². The van der Waals surface area contributed by atoms with Crippen LogP contribution in [0.25, 0.3) is 0 Å². The molecule has 2 rings (SSSR count). The van der Waals surface area contributed by atoms with Crippen LogP contribution in [-0.2, 0) is 14.8 Å². The van der Waals surface area contributed by atoms with Gasteiger partial charge in [0.1, 0.15) is 6.04 Å². The van der Waals surface area contributed by atoms with Gasteiger partial charge in [0.05, 0.1) is 5.75 Å². The zero-order valence-corrected chi connectivity index (χ0v) is 15.5. The minimum Gasteiger partial charge on any atom is -0.341 e. The van der Waals surface area contributed by atoms with E-state index >= 15 is 0 Å². The van der Waals surface area contributed by atoms with Gasteiger partial charge in [0.2, 0.25) is 15.9 Å². The number of hydrogen-bond donors (Lipinski definition) is 0. The standard InChI is InChI=1S/C17H32N2O3S/c1-3-14-23(21,22)19-13-9-8-12-16(19)17(20)18(2)15-10-6-4-5-7-11-15/h15-16H,3-14H2,1-2H3. The monoisotopic (exact) mass is 344 g/mol. The Bertz CT molecular complexity index is 484. The van der Waals surface area contributed by atoms with Crippen molar-refractivity contribution in [2.24, 2.45) is 0 Å². The molecule has 2 fully saturated rings. The Morgan fingerprint density at radius 1 is 1.04 bits per heavy atom. The van der Waals surface area contributed by atoms with Crippen LogP contribution in [0, 0.1) is 0 Å². The molecule has 0 bridgehead atoms. The molecule has 1 heterocycles. The fourth-order valence-electron chi connectivity index (χ4n) is 3.92. The van der Waals surface area contributed by atoms with Crippen LogP contribution in [0.5, 0.6) is 0 Å². The predicted molar refractivity (Wildman–Crippen MR) is 92.7 cm³/mol. The molecule has 1 saturated heterocycles. The second-order valence-corrected chi connectivity index (χ2v) is 9.07. The second kappa shape index (κ2) is 8.47. The number of piperidine rings is 1. The fourth-order valence-corrected chi connectivity index (χ4v) is 5.66. The Labute approximate surface area is 141 Å². The van der Waals surface area contributed by atoms with E-state index in [0.29, 0.717) is 19.4 Å². The quantitative estimate of drug-likeness (QED) is 0.721. The number of sulfonamides is 1. The Balaban J connectivity index is 2.10. The molecule has 5 nitrogen and oxygen atoms in total. The first-order valence-corrected chi connectivity index (χ1v) is 10.8. The first-order valence-electron chi connectivity index (χ1n) is 9.23. The molecule has 1 amide bonds. The maximum Gasteiger partial charge on any atom is 0.241 e. The average Bonchev–Trinajstić information content (AvgIpc) is 2.82. The topological polar surface area (TPSA) is 57.7 Å². The number of carbonyl (C=O) groups is 1. The lowest BCUT2D eigenvalue weighted by atomic mass is 10.0. The van der Waals surface area contributed by atoms with Crippen molar-refractivity contribution in [3.63, 3.8) is 0 Å². The SMILES string of the molecule is CCCS(=O)(=O)N1CCCCC1C(=O)N(C)C1CCCCCC1. The van der Waals surface area contributed by atoms with Crippen molar-refractivity contribution >= 4 is 15.9 Å². The minimum atomic E-state index is -3.31. The molecule has 134 valence electrons. The minimum absolute atomic E-state index is 0.0104. The van der Waals surface area contributed by atoms with E-state index in [4.69, 9.17) is 0 Å². The van der Waals surface area contributed by atoms with Gasteiger partial charge in [0.15, 0.2) is 0 Å².